The Labute approximate surface area is 179 Å². The molecule has 1 aliphatic heterocycles. The summed E-state index contributed by atoms with van der Waals surface area (Å²) in [4.78, 5) is 29.0. The number of hydrogen-bond donors (Lipinski definition) is 1. The summed E-state index contributed by atoms with van der Waals surface area (Å²) in [7, 11) is 0. The molecule has 2 fully saturated rings. The first-order chi connectivity index (χ1) is 14.6. The molecule has 6 heteroatoms. The molecule has 0 aromatic carbocycles. The van der Waals surface area contributed by atoms with E-state index in [0.29, 0.717) is 17.8 Å². The Morgan fingerprint density at radius 2 is 1.83 bits per heavy atom. The lowest BCUT2D eigenvalue weighted by molar-refractivity contribution is -0.137. The van der Waals surface area contributed by atoms with E-state index in [2.05, 4.69) is 34.0 Å². The largest absolute Gasteiger partial charge is 0.352 e. The van der Waals surface area contributed by atoms with E-state index in [4.69, 9.17) is 4.98 Å². The van der Waals surface area contributed by atoms with Crippen molar-refractivity contribution in [2.45, 2.75) is 70.8 Å². The van der Waals surface area contributed by atoms with Crippen LogP contribution in [0.1, 0.15) is 70.4 Å². The van der Waals surface area contributed by atoms with Crippen molar-refractivity contribution in [3.8, 4) is 11.3 Å². The fourth-order valence-electron chi connectivity index (χ4n) is 4.73. The molecular formula is C24H33N5O. The maximum absolute atomic E-state index is 12.9. The summed E-state index contributed by atoms with van der Waals surface area (Å²) in [5.41, 5.74) is 2.96. The Bertz CT molecular complexity index is 840. The molecule has 0 unspecified atom stereocenters. The van der Waals surface area contributed by atoms with Gasteiger partial charge in [-0.05, 0) is 51.7 Å². The predicted octanol–water partition coefficient (Wildman–Crippen LogP) is 4.65. The molecule has 160 valence electrons. The van der Waals surface area contributed by atoms with Gasteiger partial charge >= 0.3 is 0 Å². The molecule has 1 amide bonds. The first-order valence-corrected chi connectivity index (χ1v) is 11.5. The van der Waals surface area contributed by atoms with Crippen LogP contribution < -0.4 is 5.32 Å². The number of anilines is 1. The Morgan fingerprint density at radius 1 is 1.07 bits per heavy atom. The fraction of sp³-hybridized carbons (Fsp3) is 0.583. The third kappa shape index (κ3) is 4.79. The molecule has 1 saturated heterocycles. The van der Waals surface area contributed by atoms with Crippen LogP contribution in [0, 0.1) is 5.92 Å². The van der Waals surface area contributed by atoms with E-state index >= 15 is 0 Å². The summed E-state index contributed by atoms with van der Waals surface area (Å²) in [5, 5.41) is 3.33. The smallest absolute Gasteiger partial charge is 0.225 e. The van der Waals surface area contributed by atoms with Crippen LogP contribution >= 0.6 is 0 Å². The first kappa shape index (κ1) is 20.8. The molecule has 3 heterocycles. The van der Waals surface area contributed by atoms with Crippen molar-refractivity contribution in [1.82, 2.24) is 19.9 Å². The van der Waals surface area contributed by atoms with Crippen LogP contribution in [0.5, 0.6) is 0 Å². The zero-order valence-electron chi connectivity index (χ0n) is 18.2. The molecule has 2 aliphatic rings. The number of amides is 1. The molecule has 6 nitrogen and oxygen atoms in total. The van der Waals surface area contributed by atoms with E-state index in [1.54, 1.807) is 0 Å². The summed E-state index contributed by atoms with van der Waals surface area (Å²) in [6.45, 7) is 5.81. The van der Waals surface area contributed by atoms with Crippen LogP contribution in [-0.2, 0) is 4.79 Å². The average Bonchev–Trinajstić information content (AvgIpc) is 2.79. The first-order valence-electron chi connectivity index (χ1n) is 11.5. The maximum Gasteiger partial charge on any atom is 0.225 e. The van der Waals surface area contributed by atoms with Crippen LogP contribution in [0.2, 0.25) is 0 Å². The van der Waals surface area contributed by atoms with Gasteiger partial charge in [0.15, 0.2) is 0 Å². The van der Waals surface area contributed by atoms with E-state index in [0.717, 1.165) is 55.7 Å². The van der Waals surface area contributed by atoms with Gasteiger partial charge in [-0.2, -0.15) is 0 Å². The number of piperidine rings is 1. The van der Waals surface area contributed by atoms with Gasteiger partial charge in [-0.25, -0.2) is 9.97 Å². The van der Waals surface area contributed by atoms with E-state index in [9.17, 15) is 4.79 Å². The molecule has 1 N–H and O–H groups in total. The number of nitrogens with zero attached hydrogens (tertiary/aromatic N) is 4. The number of rotatable bonds is 5. The molecule has 1 aliphatic carbocycles. The van der Waals surface area contributed by atoms with Crippen molar-refractivity contribution in [2.75, 3.05) is 18.4 Å². The van der Waals surface area contributed by atoms with Crippen molar-refractivity contribution in [3.63, 3.8) is 0 Å². The minimum absolute atomic E-state index is 0.250. The minimum Gasteiger partial charge on any atom is -0.352 e. The highest BCUT2D eigenvalue weighted by molar-refractivity contribution is 5.79. The Kier molecular flexibility index (Phi) is 6.60. The topological polar surface area (TPSA) is 71.0 Å². The number of nitrogens with one attached hydrogen (secondary N) is 1. The molecule has 0 spiro atoms. The van der Waals surface area contributed by atoms with Crippen molar-refractivity contribution in [2.24, 2.45) is 5.92 Å². The standard InChI is InChI=1S/C24H33N5O/c1-17(2)27-24-26-16-20(21-10-6-7-13-25-21)22(28-24)18-11-14-29(15-12-18)23(30)19-8-4-3-5-9-19/h6-7,10,13,16-19H,3-5,8-9,11-12,14-15H2,1-2H3,(H,26,27,28). The van der Waals surface area contributed by atoms with Crippen molar-refractivity contribution in [3.05, 3.63) is 36.3 Å². The Balaban J connectivity index is 1.52. The van der Waals surface area contributed by atoms with Gasteiger partial charge in [-0.1, -0.05) is 25.3 Å². The summed E-state index contributed by atoms with van der Waals surface area (Å²) >= 11 is 0. The number of aromatic nitrogens is 3. The molecule has 4 rings (SSSR count). The number of carbonyl (C=O) groups is 1. The van der Waals surface area contributed by atoms with Crippen molar-refractivity contribution >= 4 is 11.9 Å². The predicted molar refractivity (Wildman–Crippen MR) is 119 cm³/mol. The normalized spacial score (nSPS) is 18.6. The quantitative estimate of drug-likeness (QED) is 0.781. The Hall–Kier alpha value is -2.50. The summed E-state index contributed by atoms with van der Waals surface area (Å²) < 4.78 is 0. The second-order valence-electron chi connectivity index (χ2n) is 8.94. The summed E-state index contributed by atoms with van der Waals surface area (Å²) in [6, 6.07) is 6.21. The van der Waals surface area contributed by atoms with Gasteiger partial charge in [0.25, 0.3) is 0 Å². The SMILES string of the molecule is CC(C)Nc1ncc(-c2ccccn2)c(C2CCN(C(=O)C3CCCCC3)CC2)n1. The highest BCUT2D eigenvalue weighted by atomic mass is 16.2. The summed E-state index contributed by atoms with van der Waals surface area (Å²) in [5.74, 6) is 1.61. The molecule has 2 aromatic rings. The molecule has 2 aromatic heterocycles. The van der Waals surface area contributed by atoms with Crippen molar-refractivity contribution in [1.29, 1.82) is 0 Å². The van der Waals surface area contributed by atoms with E-state index in [1.807, 2.05) is 30.6 Å². The molecule has 0 atom stereocenters. The monoisotopic (exact) mass is 407 g/mol. The number of hydrogen-bond acceptors (Lipinski definition) is 5. The van der Waals surface area contributed by atoms with Gasteiger partial charge < -0.3 is 10.2 Å². The zero-order chi connectivity index (χ0) is 20.9. The fourth-order valence-corrected chi connectivity index (χ4v) is 4.73. The van der Waals surface area contributed by atoms with Crippen LogP contribution in [0.15, 0.2) is 30.6 Å². The van der Waals surface area contributed by atoms with Gasteiger partial charge in [0.2, 0.25) is 11.9 Å². The van der Waals surface area contributed by atoms with Crippen LogP contribution in [0.4, 0.5) is 5.95 Å². The van der Waals surface area contributed by atoms with E-state index in [1.165, 1.54) is 19.3 Å². The van der Waals surface area contributed by atoms with E-state index in [-0.39, 0.29) is 12.0 Å². The lowest BCUT2D eigenvalue weighted by Gasteiger charge is -2.35. The van der Waals surface area contributed by atoms with Crippen LogP contribution in [0.3, 0.4) is 0 Å². The molecule has 1 saturated carbocycles. The third-order valence-electron chi connectivity index (χ3n) is 6.32. The second-order valence-corrected chi connectivity index (χ2v) is 8.94. The van der Waals surface area contributed by atoms with Gasteiger partial charge in [-0.15, -0.1) is 0 Å². The number of likely N-dealkylation sites (tertiary alicyclic amines) is 1. The minimum atomic E-state index is 0.250. The Morgan fingerprint density at radius 3 is 2.50 bits per heavy atom. The summed E-state index contributed by atoms with van der Waals surface area (Å²) in [6.07, 6.45) is 11.4. The number of pyridine rings is 1. The molecular weight excluding hydrogens is 374 g/mol. The highest BCUT2D eigenvalue weighted by Gasteiger charge is 2.31. The maximum atomic E-state index is 12.9. The lowest BCUT2D eigenvalue weighted by atomic mass is 9.86. The lowest BCUT2D eigenvalue weighted by Crippen LogP contribution is -2.42. The van der Waals surface area contributed by atoms with Gasteiger partial charge in [0.1, 0.15) is 0 Å². The van der Waals surface area contributed by atoms with Gasteiger partial charge in [-0.3, -0.25) is 9.78 Å². The van der Waals surface area contributed by atoms with E-state index < -0.39 is 0 Å². The third-order valence-corrected chi connectivity index (χ3v) is 6.32. The molecule has 30 heavy (non-hydrogen) atoms. The van der Waals surface area contributed by atoms with Crippen LogP contribution in [0.25, 0.3) is 11.3 Å². The van der Waals surface area contributed by atoms with Crippen molar-refractivity contribution < 1.29 is 4.79 Å². The zero-order valence-corrected chi connectivity index (χ0v) is 18.2. The molecule has 0 radical (unpaired) electrons. The number of carbonyl (C=O) groups excluding carboxylic acids is 1. The molecule has 0 bridgehead atoms. The second kappa shape index (κ2) is 9.54. The van der Waals surface area contributed by atoms with Gasteiger partial charge in [0.05, 0.1) is 11.4 Å². The highest BCUT2D eigenvalue weighted by Crippen LogP contribution is 2.35. The van der Waals surface area contributed by atoms with Crippen LogP contribution in [-0.4, -0.2) is 44.9 Å². The van der Waals surface area contributed by atoms with Gasteiger partial charge in [0, 0.05) is 48.9 Å². The average molecular weight is 408 g/mol.